The molecule has 1 aromatic heterocycles. The third-order valence-electron chi connectivity index (χ3n) is 9.89. The molecule has 1 saturated heterocycles. The minimum atomic E-state index is -1.54. The van der Waals surface area contributed by atoms with Gasteiger partial charge < -0.3 is 25.5 Å². The number of pyridine rings is 1. The molecule has 256 valence electrons. The van der Waals surface area contributed by atoms with E-state index < -0.39 is 46.9 Å². The van der Waals surface area contributed by atoms with Crippen LogP contribution in [0, 0.1) is 44.2 Å². The minimum absolute atomic E-state index is 0.00117. The third-order valence-corrected chi connectivity index (χ3v) is 9.89. The fourth-order valence-corrected chi connectivity index (χ4v) is 6.86. The van der Waals surface area contributed by atoms with Gasteiger partial charge in [0.1, 0.15) is 29.2 Å². The molecule has 0 spiro atoms. The van der Waals surface area contributed by atoms with Crippen LogP contribution in [-0.4, -0.2) is 71.5 Å². The van der Waals surface area contributed by atoms with E-state index >= 15 is 4.39 Å². The molecule has 2 aliphatic rings. The second kappa shape index (κ2) is 12.9. The lowest BCUT2D eigenvalue weighted by molar-refractivity contribution is -0.139. The van der Waals surface area contributed by atoms with Crippen LogP contribution in [0.1, 0.15) is 66.4 Å². The van der Waals surface area contributed by atoms with Gasteiger partial charge in [0.25, 0.3) is 5.91 Å². The first-order chi connectivity index (χ1) is 22.5. The molecule has 3 aromatic rings. The average Bonchev–Trinajstić information content (AvgIpc) is 3.71. The summed E-state index contributed by atoms with van der Waals surface area (Å²) in [5.74, 6) is -3.78. The van der Waals surface area contributed by atoms with Crippen LogP contribution in [0.5, 0.6) is 0 Å². The van der Waals surface area contributed by atoms with Gasteiger partial charge in [-0.15, -0.1) is 0 Å². The first-order valence-electron chi connectivity index (χ1n) is 16.3. The van der Waals surface area contributed by atoms with Crippen molar-refractivity contribution in [3.05, 3.63) is 82.0 Å². The first-order valence-corrected chi connectivity index (χ1v) is 16.3. The van der Waals surface area contributed by atoms with Gasteiger partial charge in [-0.25, -0.2) is 13.8 Å². The number of carbonyl (C=O) groups is 3. The fourth-order valence-electron chi connectivity index (χ4n) is 6.86. The Labute approximate surface area is 280 Å². The number of carbonyl (C=O) groups excluding carboxylic acids is 2. The number of halogens is 2. The van der Waals surface area contributed by atoms with Crippen LogP contribution in [0.3, 0.4) is 0 Å². The van der Waals surface area contributed by atoms with E-state index in [1.54, 1.807) is 45.0 Å². The lowest BCUT2D eigenvalue weighted by Crippen LogP contribution is -2.67. The predicted molar refractivity (Wildman–Crippen MR) is 181 cm³/mol. The molecule has 9 nitrogen and oxygen atoms in total. The number of hydrogen-bond donors (Lipinski definition) is 3. The number of amides is 2. The zero-order chi connectivity index (χ0) is 35.3. The standard InChI is InChI=1S/C37H45F2N5O4/c1-20(2)12-29(41-33(45)28-10-9-11-30(40-28)44-18-36(6,19-44)43(7)8)34(46)42-37(17-27(37)35(47)48)26-16-24(13-23(5)32(26)39)31-21(3)14-25(38)15-22(31)4/h9-11,13-16,20,27,29H,12,17-19H2,1-8H3,(H,41,45)(H,42,46)(H,47,48)/t27?,29-,37?/m0/s1. The van der Waals surface area contributed by atoms with Crippen LogP contribution in [0.4, 0.5) is 14.6 Å². The van der Waals surface area contributed by atoms with Crippen LogP contribution in [0.25, 0.3) is 11.1 Å². The summed E-state index contributed by atoms with van der Waals surface area (Å²) in [6.45, 7) is 12.6. The average molecular weight is 662 g/mol. The van der Waals surface area contributed by atoms with Crippen LogP contribution in [-0.2, 0) is 15.1 Å². The summed E-state index contributed by atoms with van der Waals surface area (Å²) in [7, 11) is 4.05. The fraction of sp³-hybridized carbons (Fsp3) is 0.459. The summed E-state index contributed by atoms with van der Waals surface area (Å²) in [4.78, 5) is 48.6. The van der Waals surface area contributed by atoms with Gasteiger partial charge in [0.05, 0.1) is 17.0 Å². The zero-order valence-electron chi connectivity index (χ0n) is 28.9. The summed E-state index contributed by atoms with van der Waals surface area (Å²) >= 11 is 0. The van der Waals surface area contributed by atoms with Gasteiger partial charge in [0.15, 0.2) is 0 Å². The van der Waals surface area contributed by atoms with Crippen LogP contribution < -0.4 is 15.5 Å². The second-order valence-corrected chi connectivity index (χ2v) is 14.4. The smallest absolute Gasteiger partial charge is 0.309 e. The van der Waals surface area contributed by atoms with Crippen molar-refractivity contribution in [3.63, 3.8) is 0 Å². The number of aryl methyl sites for hydroxylation is 3. The van der Waals surface area contributed by atoms with E-state index in [4.69, 9.17) is 0 Å². The van der Waals surface area contributed by atoms with E-state index in [1.165, 1.54) is 12.1 Å². The maximum Gasteiger partial charge on any atom is 0.309 e. The highest BCUT2D eigenvalue weighted by atomic mass is 19.1. The van der Waals surface area contributed by atoms with E-state index in [1.807, 2.05) is 34.0 Å². The van der Waals surface area contributed by atoms with Crippen LogP contribution in [0.2, 0.25) is 0 Å². The lowest BCUT2D eigenvalue weighted by Gasteiger charge is -2.52. The summed E-state index contributed by atoms with van der Waals surface area (Å²) < 4.78 is 30.1. The Hall–Kier alpha value is -4.38. The van der Waals surface area contributed by atoms with Crippen molar-refractivity contribution in [1.29, 1.82) is 0 Å². The Morgan fingerprint density at radius 1 is 1.04 bits per heavy atom. The highest BCUT2D eigenvalue weighted by Gasteiger charge is 2.62. The maximum absolute atomic E-state index is 16.0. The Bertz CT molecular complexity index is 1750. The quantitative estimate of drug-likeness (QED) is 0.254. The zero-order valence-corrected chi connectivity index (χ0v) is 28.9. The highest BCUT2D eigenvalue weighted by molar-refractivity contribution is 5.97. The number of carboxylic acid groups (broad SMARTS) is 1. The monoisotopic (exact) mass is 661 g/mol. The van der Waals surface area contributed by atoms with Gasteiger partial charge in [0, 0.05) is 18.7 Å². The first kappa shape index (κ1) is 34.9. The predicted octanol–water partition coefficient (Wildman–Crippen LogP) is 5.35. The van der Waals surface area contributed by atoms with Crippen molar-refractivity contribution in [2.75, 3.05) is 32.1 Å². The number of aliphatic carboxylic acids is 1. The topological polar surface area (TPSA) is 115 Å². The number of hydrogen-bond acceptors (Lipinski definition) is 6. The van der Waals surface area contributed by atoms with Crippen molar-refractivity contribution in [2.24, 2.45) is 11.8 Å². The number of benzene rings is 2. The summed E-state index contributed by atoms with van der Waals surface area (Å²) in [5, 5.41) is 15.7. The molecular formula is C37H45F2N5O4. The molecule has 2 fully saturated rings. The second-order valence-electron chi connectivity index (χ2n) is 14.4. The number of anilines is 1. The van der Waals surface area contributed by atoms with Crippen molar-refractivity contribution in [2.45, 2.75) is 71.5 Å². The Balaban J connectivity index is 1.43. The van der Waals surface area contributed by atoms with Gasteiger partial charge in [-0.1, -0.05) is 19.9 Å². The van der Waals surface area contributed by atoms with E-state index in [-0.39, 0.29) is 41.1 Å². The van der Waals surface area contributed by atoms with E-state index in [0.717, 1.165) is 13.1 Å². The molecule has 48 heavy (non-hydrogen) atoms. The van der Waals surface area contributed by atoms with Gasteiger partial charge in [0.2, 0.25) is 5.91 Å². The van der Waals surface area contributed by atoms with Gasteiger partial charge in [-0.3, -0.25) is 14.4 Å². The van der Waals surface area contributed by atoms with Gasteiger partial charge >= 0.3 is 5.97 Å². The van der Waals surface area contributed by atoms with E-state index in [0.29, 0.717) is 28.1 Å². The molecule has 3 atom stereocenters. The summed E-state index contributed by atoms with van der Waals surface area (Å²) in [5.41, 5.74) is 1.51. The lowest BCUT2D eigenvalue weighted by atomic mass is 9.89. The number of likely N-dealkylation sites (N-methyl/N-ethyl adjacent to an activating group) is 1. The number of aromatic nitrogens is 1. The van der Waals surface area contributed by atoms with Crippen molar-refractivity contribution < 1.29 is 28.3 Å². The Kier molecular flexibility index (Phi) is 9.40. The number of nitrogens with zero attached hydrogens (tertiary/aromatic N) is 3. The third kappa shape index (κ3) is 6.65. The molecular weight excluding hydrogens is 616 g/mol. The molecule has 2 unspecified atom stereocenters. The number of rotatable bonds is 11. The number of carboxylic acids is 1. The van der Waals surface area contributed by atoms with Crippen molar-refractivity contribution >= 4 is 23.6 Å². The molecule has 0 bridgehead atoms. The Morgan fingerprint density at radius 3 is 2.25 bits per heavy atom. The van der Waals surface area contributed by atoms with E-state index in [9.17, 15) is 23.9 Å². The SMILES string of the molecule is Cc1cc(-c2c(C)cc(F)cc2C)cc(C2(NC(=O)[C@H](CC(C)C)NC(=O)c3cccc(N4CC(C)(N(C)C)C4)n3)CC2C(=O)O)c1F. The van der Waals surface area contributed by atoms with Gasteiger partial charge in [-0.2, -0.15) is 0 Å². The Morgan fingerprint density at radius 2 is 1.69 bits per heavy atom. The number of nitrogens with one attached hydrogen (secondary N) is 2. The summed E-state index contributed by atoms with van der Waals surface area (Å²) in [6, 6.07) is 10.1. The minimum Gasteiger partial charge on any atom is -0.481 e. The largest absolute Gasteiger partial charge is 0.481 e. The van der Waals surface area contributed by atoms with Crippen molar-refractivity contribution in [3.8, 4) is 11.1 Å². The molecule has 5 rings (SSSR count). The van der Waals surface area contributed by atoms with Crippen LogP contribution in [0.15, 0.2) is 42.5 Å². The summed E-state index contributed by atoms with van der Waals surface area (Å²) in [6.07, 6.45) is 0.233. The normalized spacial score (nSPS) is 20.3. The molecule has 0 radical (unpaired) electrons. The van der Waals surface area contributed by atoms with Gasteiger partial charge in [-0.05, 0) is 125 Å². The molecule has 2 aromatic carbocycles. The molecule has 2 amide bonds. The molecule has 1 aliphatic heterocycles. The molecule has 1 saturated carbocycles. The molecule has 3 N–H and O–H groups in total. The maximum atomic E-state index is 16.0. The van der Waals surface area contributed by atoms with Crippen molar-refractivity contribution in [1.82, 2.24) is 20.5 Å². The molecule has 1 aliphatic carbocycles. The van der Waals surface area contributed by atoms with Crippen LogP contribution >= 0.6 is 0 Å². The van der Waals surface area contributed by atoms with E-state index in [2.05, 4.69) is 32.3 Å². The molecule has 2 heterocycles. The highest BCUT2D eigenvalue weighted by Crippen LogP contribution is 2.54. The molecule has 11 heteroatoms.